The molecule has 1 aromatic heterocycles. The minimum Gasteiger partial charge on any atom is -0.370 e. The summed E-state index contributed by atoms with van der Waals surface area (Å²) in [6, 6.07) is 1.98. The Morgan fingerprint density at radius 2 is 1.84 bits per heavy atom. The Morgan fingerprint density at radius 1 is 1.16 bits per heavy atom. The van der Waals surface area contributed by atoms with Crippen molar-refractivity contribution in [2.24, 2.45) is 0 Å². The normalized spacial score (nSPS) is 15.7. The van der Waals surface area contributed by atoms with Crippen LogP contribution in [0.1, 0.15) is 32.0 Å². The molecule has 2 N–H and O–H groups in total. The van der Waals surface area contributed by atoms with Crippen molar-refractivity contribution < 1.29 is 0 Å². The molecule has 1 aliphatic heterocycles. The SMILES string of the molecule is CCNc1cc(NCCCN2CCCC2)nc(C)n1. The van der Waals surface area contributed by atoms with Gasteiger partial charge in [-0.1, -0.05) is 0 Å². The predicted molar refractivity (Wildman–Crippen MR) is 79.7 cm³/mol. The summed E-state index contributed by atoms with van der Waals surface area (Å²) >= 11 is 0. The minimum absolute atomic E-state index is 0.806. The molecular weight excluding hydrogens is 238 g/mol. The molecule has 0 aliphatic carbocycles. The molecular formula is C14H25N5. The van der Waals surface area contributed by atoms with Gasteiger partial charge in [0.05, 0.1) is 0 Å². The van der Waals surface area contributed by atoms with Gasteiger partial charge in [-0.15, -0.1) is 0 Å². The standard InChI is InChI=1S/C14H25N5/c1-3-15-13-11-14(18-12(2)17-13)16-7-6-10-19-8-4-5-9-19/h11H,3-10H2,1-2H3,(H2,15,16,17,18). The van der Waals surface area contributed by atoms with E-state index in [2.05, 4.69) is 32.4 Å². The van der Waals surface area contributed by atoms with Crippen LogP contribution in [0.5, 0.6) is 0 Å². The number of rotatable bonds is 7. The first-order chi connectivity index (χ1) is 9.28. The molecule has 2 rings (SSSR count). The second-order valence-electron chi connectivity index (χ2n) is 5.05. The number of aromatic nitrogens is 2. The monoisotopic (exact) mass is 263 g/mol. The van der Waals surface area contributed by atoms with Crippen LogP contribution in [0.15, 0.2) is 6.07 Å². The van der Waals surface area contributed by atoms with Crippen molar-refractivity contribution in [3.63, 3.8) is 0 Å². The molecule has 2 heterocycles. The zero-order chi connectivity index (χ0) is 13.5. The Bertz CT molecular complexity index is 387. The van der Waals surface area contributed by atoms with Crippen LogP contribution in [0, 0.1) is 6.92 Å². The topological polar surface area (TPSA) is 53.1 Å². The minimum atomic E-state index is 0.806. The molecule has 0 bridgehead atoms. The van der Waals surface area contributed by atoms with Crippen molar-refractivity contribution in [1.82, 2.24) is 14.9 Å². The molecule has 1 saturated heterocycles. The number of likely N-dealkylation sites (tertiary alicyclic amines) is 1. The molecule has 106 valence electrons. The lowest BCUT2D eigenvalue weighted by Gasteiger charge is -2.14. The van der Waals surface area contributed by atoms with Crippen molar-refractivity contribution in [3.05, 3.63) is 11.9 Å². The van der Waals surface area contributed by atoms with Gasteiger partial charge >= 0.3 is 0 Å². The van der Waals surface area contributed by atoms with Crippen molar-refractivity contribution in [1.29, 1.82) is 0 Å². The van der Waals surface area contributed by atoms with Gasteiger partial charge in [-0.05, 0) is 52.7 Å². The van der Waals surface area contributed by atoms with Gasteiger partial charge in [-0.3, -0.25) is 0 Å². The van der Waals surface area contributed by atoms with Crippen LogP contribution in [0.4, 0.5) is 11.6 Å². The maximum Gasteiger partial charge on any atom is 0.131 e. The molecule has 5 heteroatoms. The molecule has 19 heavy (non-hydrogen) atoms. The van der Waals surface area contributed by atoms with Gasteiger partial charge in [-0.2, -0.15) is 0 Å². The number of aryl methyl sites for hydroxylation is 1. The highest BCUT2D eigenvalue weighted by Gasteiger charge is 2.10. The zero-order valence-electron chi connectivity index (χ0n) is 12.1. The zero-order valence-corrected chi connectivity index (χ0v) is 12.1. The van der Waals surface area contributed by atoms with Crippen LogP contribution in [0.3, 0.4) is 0 Å². The summed E-state index contributed by atoms with van der Waals surface area (Å²) < 4.78 is 0. The first kappa shape index (κ1) is 14.1. The Kier molecular flexibility index (Phi) is 5.39. The fourth-order valence-electron chi connectivity index (χ4n) is 2.46. The Morgan fingerprint density at radius 3 is 2.53 bits per heavy atom. The van der Waals surface area contributed by atoms with E-state index in [0.717, 1.165) is 30.5 Å². The van der Waals surface area contributed by atoms with E-state index in [0.29, 0.717) is 0 Å². The summed E-state index contributed by atoms with van der Waals surface area (Å²) in [5.41, 5.74) is 0. The van der Waals surface area contributed by atoms with Gasteiger partial charge in [0.25, 0.3) is 0 Å². The first-order valence-electron chi connectivity index (χ1n) is 7.33. The highest BCUT2D eigenvalue weighted by molar-refractivity contribution is 5.47. The highest BCUT2D eigenvalue weighted by atomic mass is 15.1. The van der Waals surface area contributed by atoms with E-state index < -0.39 is 0 Å². The summed E-state index contributed by atoms with van der Waals surface area (Å²) in [4.78, 5) is 11.3. The number of hydrogen-bond acceptors (Lipinski definition) is 5. The molecule has 0 spiro atoms. The van der Waals surface area contributed by atoms with E-state index in [1.54, 1.807) is 0 Å². The van der Waals surface area contributed by atoms with E-state index in [1.807, 2.05) is 13.0 Å². The average Bonchev–Trinajstić information content (AvgIpc) is 2.87. The molecule has 0 aromatic carbocycles. The number of anilines is 2. The van der Waals surface area contributed by atoms with Crippen molar-refractivity contribution >= 4 is 11.6 Å². The molecule has 0 saturated carbocycles. The van der Waals surface area contributed by atoms with Crippen LogP contribution in [0.25, 0.3) is 0 Å². The Hall–Kier alpha value is -1.36. The highest BCUT2D eigenvalue weighted by Crippen LogP contribution is 2.11. The molecule has 0 radical (unpaired) electrons. The van der Waals surface area contributed by atoms with Crippen molar-refractivity contribution in [2.45, 2.75) is 33.1 Å². The van der Waals surface area contributed by atoms with Crippen LogP contribution in [-0.2, 0) is 0 Å². The summed E-state index contributed by atoms with van der Waals surface area (Å²) in [5, 5.41) is 6.62. The van der Waals surface area contributed by atoms with Gasteiger partial charge in [0.15, 0.2) is 0 Å². The van der Waals surface area contributed by atoms with Gasteiger partial charge in [0.2, 0.25) is 0 Å². The second-order valence-corrected chi connectivity index (χ2v) is 5.05. The maximum absolute atomic E-state index is 4.41. The van der Waals surface area contributed by atoms with Gasteiger partial charge in [0.1, 0.15) is 17.5 Å². The maximum atomic E-state index is 4.41. The van der Waals surface area contributed by atoms with Crippen LogP contribution >= 0.6 is 0 Å². The van der Waals surface area contributed by atoms with E-state index in [1.165, 1.54) is 38.9 Å². The molecule has 0 atom stereocenters. The number of hydrogen-bond donors (Lipinski definition) is 2. The molecule has 5 nitrogen and oxygen atoms in total. The van der Waals surface area contributed by atoms with Crippen LogP contribution in [0.2, 0.25) is 0 Å². The number of nitrogens with one attached hydrogen (secondary N) is 2. The lowest BCUT2D eigenvalue weighted by atomic mass is 10.4. The third kappa shape index (κ3) is 4.67. The number of nitrogens with zero attached hydrogens (tertiary/aromatic N) is 3. The lowest BCUT2D eigenvalue weighted by Crippen LogP contribution is -2.22. The average molecular weight is 263 g/mol. The second kappa shape index (κ2) is 7.28. The molecule has 1 aromatic rings. The fourth-order valence-corrected chi connectivity index (χ4v) is 2.46. The van der Waals surface area contributed by atoms with Crippen molar-refractivity contribution in [3.8, 4) is 0 Å². The smallest absolute Gasteiger partial charge is 0.131 e. The summed E-state index contributed by atoms with van der Waals surface area (Å²) in [6.07, 6.45) is 3.90. The molecule has 0 amide bonds. The fraction of sp³-hybridized carbons (Fsp3) is 0.714. The summed E-state index contributed by atoms with van der Waals surface area (Å²) in [5.74, 6) is 2.63. The van der Waals surface area contributed by atoms with Crippen LogP contribution in [-0.4, -0.2) is 47.6 Å². The van der Waals surface area contributed by atoms with E-state index in [4.69, 9.17) is 0 Å². The quantitative estimate of drug-likeness (QED) is 0.738. The van der Waals surface area contributed by atoms with Gasteiger partial charge < -0.3 is 15.5 Å². The third-order valence-corrected chi connectivity index (χ3v) is 3.35. The van der Waals surface area contributed by atoms with E-state index in [9.17, 15) is 0 Å². The van der Waals surface area contributed by atoms with Crippen LogP contribution < -0.4 is 10.6 Å². The van der Waals surface area contributed by atoms with E-state index in [-0.39, 0.29) is 0 Å². The van der Waals surface area contributed by atoms with Crippen molar-refractivity contribution in [2.75, 3.05) is 43.4 Å². The largest absolute Gasteiger partial charge is 0.370 e. The predicted octanol–water partition coefficient (Wildman–Crippen LogP) is 2.11. The molecule has 1 fully saturated rings. The third-order valence-electron chi connectivity index (χ3n) is 3.35. The molecule has 0 unspecified atom stereocenters. The Balaban J connectivity index is 1.75. The summed E-state index contributed by atoms with van der Waals surface area (Å²) in [6.45, 7) is 9.59. The Labute approximate surface area is 115 Å². The van der Waals surface area contributed by atoms with Gasteiger partial charge in [-0.25, -0.2) is 9.97 Å². The summed E-state index contributed by atoms with van der Waals surface area (Å²) in [7, 11) is 0. The van der Waals surface area contributed by atoms with Gasteiger partial charge in [0, 0.05) is 19.2 Å². The first-order valence-corrected chi connectivity index (χ1v) is 7.33. The molecule has 1 aliphatic rings. The lowest BCUT2D eigenvalue weighted by molar-refractivity contribution is 0.337. The van der Waals surface area contributed by atoms with E-state index >= 15 is 0 Å².